The van der Waals surface area contributed by atoms with Crippen molar-refractivity contribution < 1.29 is 23.5 Å². The van der Waals surface area contributed by atoms with Gasteiger partial charge in [-0.1, -0.05) is 17.7 Å². The number of esters is 1. The number of benzene rings is 1. The Morgan fingerprint density at radius 1 is 1.32 bits per heavy atom. The molecule has 1 amide bonds. The van der Waals surface area contributed by atoms with E-state index in [1.807, 2.05) is 0 Å². The second-order valence-corrected chi connectivity index (χ2v) is 6.99. The van der Waals surface area contributed by atoms with Crippen molar-refractivity contribution in [2.24, 2.45) is 0 Å². The van der Waals surface area contributed by atoms with E-state index in [4.69, 9.17) is 21.1 Å². The first-order valence-corrected chi connectivity index (χ1v) is 8.17. The molecule has 0 aliphatic carbocycles. The molecule has 0 spiro atoms. The van der Waals surface area contributed by atoms with Crippen LogP contribution >= 0.6 is 11.6 Å². The monoisotopic (exact) mass is 374 g/mol. The van der Waals surface area contributed by atoms with Gasteiger partial charge in [0.1, 0.15) is 17.5 Å². The summed E-state index contributed by atoms with van der Waals surface area (Å²) in [6.45, 7) is 7.31. The zero-order chi connectivity index (χ0) is 19.2. The number of alkyl carbamates (subject to hydrolysis) is 1. The first kappa shape index (κ1) is 21.2. The van der Waals surface area contributed by atoms with Crippen LogP contribution in [-0.2, 0) is 14.3 Å². The smallest absolute Gasteiger partial charge is 0.407 e. The van der Waals surface area contributed by atoms with Gasteiger partial charge in [0, 0.05) is 12.6 Å². The fourth-order valence-corrected chi connectivity index (χ4v) is 2.19. The number of halogens is 2. The standard InChI is InChI=1S/C17H24ClFN2O4/c1-10(21-16(23)25-17(2,3)4)9-20-14(15(22)24-5)11-6-7-13(19)12(18)8-11/h6-8,10,14,20H,9H2,1-5H3,(H,21,23). The predicted octanol–water partition coefficient (Wildman–Crippen LogP) is 3.20. The maximum absolute atomic E-state index is 13.3. The molecular weight excluding hydrogens is 351 g/mol. The van der Waals surface area contributed by atoms with E-state index in [2.05, 4.69) is 10.6 Å². The highest BCUT2D eigenvalue weighted by molar-refractivity contribution is 6.30. The van der Waals surface area contributed by atoms with Crippen LogP contribution in [0.4, 0.5) is 9.18 Å². The number of hydrogen-bond donors (Lipinski definition) is 2. The fraction of sp³-hybridized carbons (Fsp3) is 0.529. The summed E-state index contributed by atoms with van der Waals surface area (Å²) in [7, 11) is 1.25. The van der Waals surface area contributed by atoms with Gasteiger partial charge in [-0.3, -0.25) is 5.32 Å². The number of carbonyl (C=O) groups is 2. The van der Waals surface area contributed by atoms with Gasteiger partial charge >= 0.3 is 12.1 Å². The summed E-state index contributed by atoms with van der Waals surface area (Å²) in [5.41, 5.74) is -0.140. The van der Waals surface area contributed by atoms with Crippen molar-refractivity contribution >= 4 is 23.7 Å². The van der Waals surface area contributed by atoms with Crippen molar-refractivity contribution in [2.75, 3.05) is 13.7 Å². The summed E-state index contributed by atoms with van der Waals surface area (Å²) in [5.74, 6) is -1.12. The van der Waals surface area contributed by atoms with Gasteiger partial charge < -0.3 is 14.8 Å². The summed E-state index contributed by atoms with van der Waals surface area (Å²) >= 11 is 5.77. The Balaban J connectivity index is 2.72. The summed E-state index contributed by atoms with van der Waals surface area (Å²) in [6, 6.07) is 2.82. The minimum absolute atomic E-state index is 0.0897. The molecule has 0 aliphatic heterocycles. The molecule has 2 atom stereocenters. The van der Waals surface area contributed by atoms with Crippen LogP contribution in [0.5, 0.6) is 0 Å². The zero-order valence-electron chi connectivity index (χ0n) is 15.0. The van der Waals surface area contributed by atoms with E-state index >= 15 is 0 Å². The molecule has 25 heavy (non-hydrogen) atoms. The SMILES string of the molecule is COC(=O)C(NCC(C)NC(=O)OC(C)(C)C)c1ccc(F)c(Cl)c1. The molecule has 0 heterocycles. The number of carbonyl (C=O) groups excluding carboxylic acids is 2. The Kier molecular flexibility index (Phi) is 7.63. The van der Waals surface area contributed by atoms with Gasteiger partial charge in [-0.25, -0.2) is 14.0 Å². The first-order valence-electron chi connectivity index (χ1n) is 7.79. The summed E-state index contributed by atoms with van der Waals surface area (Å²) in [5, 5.41) is 5.54. The number of rotatable bonds is 6. The highest BCUT2D eigenvalue weighted by Gasteiger charge is 2.23. The van der Waals surface area contributed by atoms with Crippen molar-refractivity contribution in [3.63, 3.8) is 0 Å². The van der Waals surface area contributed by atoms with Gasteiger partial charge in [0.15, 0.2) is 0 Å². The zero-order valence-corrected chi connectivity index (χ0v) is 15.7. The van der Waals surface area contributed by atoms with E-state index in [1.165, 1.54) is 25.3 Å². The maximum atomic E-state index is 13.3. The van der Waals surface area contributed by atoms with Crippen molar-refractivity contribution in [1.29, 1.82) is 0 Å². The molecule has 2 unspecified atom stereocenters. The molecule has 0 saturated heterocycles. The van der Waals surface area contributed by atoms with E-state index in [0.29, 0.717) is 5.56 Å². The van der Waals surface area contributed by atoms with Crippen LogP contribution in [0.1, 0.15) is 39.3 Å². The fourth-order valence-electron chi connectivity index (χ4n) is 2.00. The van der Waals surface area contributed by atoms with E-state index in [-0.39, 0.29) is 17.6 Å². The van der Waals surface area contributed by atoms with Crippen LogP contribution in [0, 0.1) is 5.82 Å². The third-order valence-corrected chi connectivity index (χ3v) is 3.39. The Hall–Kier alpha value is -1.86. The summed E-state index contributed by atoms with van der Waals surface area (Å²) in [4.78, 5) is 23.7. The van der Waals surface area contributed by atoms with Crippen LogP contribution in [0.3, 0.4) is 0 Å². The lowest BCUT2D eigenvalue weighted by molar-refractivity contribution is -0.143. The Morgan fingerprint density at radius 3 is 2.48 bits per heavy atom. The quantitative estimate of drug-likeness (QED) is 0.748. The van der Waals surface area contributed by atoms with Crippen LogP contribution in [0.2, 0.25) is 5.02 Å². The topological polar surface area (TPSA) is 76.7 Å². The number of ether oxygens (including phenoxy) is 2. The summed E-state index contributed by atoms with van der Waals surface area (Å²) in [6.07, 6.45) is -0.554. The Morgan fingerprint density at radius 2 is 1.96 bits per heavy atom. The molecule has 0 radical (unpaired) electrons. The highest BCUT2D eigenvalue weighted by Crippen LogP contribution is 2.22. The molecule has 8 heteroatoms. The van der Waals surface area contributed by atoms with Crippen LogP contribution in [0.25, 0.3) is 0 Å². The van der Waals surface area contributed by atoms with Gasteiger partial charge in [0.25, 0.3) is 0 Å². The Labute approximate surface area is 152 Å². The average molecular weight is 375 g/mol. The highest BCUT2D eigenvalue weighted by atomic mass is 35.5. The molecule has 1 aromatic carbocycles. The lowest BCUT2D eigenvalue weighted by Crippen LogP contribution is -2.44. The number of amides is 1. The van der Waals surface area contributed by atoms with Crippen molar-refractivity contribution in [3.8, 4) is 0 Å². The van der Waals surface area contributed by atoms with Gasteiger partial charge in [-0.15, -0.1) is 0 Å². The molecule has 2 N–H and O–H groups in total. The molecule has 0 saturated carbocycles. The molecule has 1 aromatic rings. The van der Waals surface area contributed by atoms with Gasteiger partial charge in [0.2, 0.25) is 0 Å². The van der Waals surface area contributed by atoms with Gasteiger partial charge in [0.05, 0.1) is 12.1 Å². The molecular formula is C17H24ClFN2O4. The van der Waals surface area contributed by atoms with Crippen molar-refractivity contribution in [1.82, 2.24) is 10.6 Å². The molecule has 0 fully saturated rings. The minimum atomic E-state index is -0.842. The molecule has 1 rings (SSSR count). The maximum Gasteiger partial charge on any atom is 0.407 e. The number of nitrogens with one attached hydrogen (secondary N) is 2. The summed E-state index contributed by atoms with van der Waals surface area (Å²) < 4.78 is 23.2. The van der Waals surface area contributed by atoms with Gasteiger partial charge in [-0.05, 0) is 45.4 Å². The molecule has 0 aromatic heterocycles. The normalized spacial score (nSPS) is 13.7. The van der Waals surface area contributed by atoms with E-state index < -0.39 is 29.5 Å². The lowest BCUT2D eigenvalue weighted by Gasteiger charge is -2.23. The van der Waals surface area contributed by atoms with Crippen molar-refractivity contribution in [3.05, 3.63) is 34.6 Å². The van der Waals surface area contributed by atoms with Crippen LogP contribution in [-0.4, -0.2) is 37.4 Å². The van der Waals surface area contributed by atoms with Crippen molar-refractivity contribution in [2.45, 2.75) is 45.4 Å². The Bertz CT molecular complexity index is 619. The molecule has 0 bridgehead atoms. The van der Waals surface area contributed by atoms with Crippen LogP contribution in [0.15, 0.2) is 18.2 Å². The largest absolute Gasteiger partial charge is 0.468 e. The number of methoxy groups -OCH3 is 1. The first-order chi connectivity index (χ1) is 11.5. The third-order valence-electron chi connectivity index (χ3n) is 3.11. The predicted molar refractivity (Wildman–Crippen MR) is 93.0 cm³/mol. The van der Waals surface area contributed by atoms with Gasteiger partial charge in [-0.2, -0.15) is 0 Å². The van der Waals surface area contributed by atoms with E-state index in [9.17, 15) is 14.0 Å². The van der Waals surface area contributed by atoms with Crippen LogP contribution < -0.4 is 10.6 Å². The average Bonchev–Trinajstić information content (AvgIpc) is 2.48. The third kappa shape index (κ3) is 7.27. The molecule has 0 aliphatic rings. The second kappa shape index (κ2) is 9.01. The molecule has 6 nitrogen and oxygen atoms in total. The minimum Gasteiger partial charge on any atom is -0.468 e. The number of hydrogen-bond acceptors (Lipinski definition) is 5. The van der Waals surface area contributed by atoms with E-state index in [0.717, 1.165) is 0 Å². The lowest BCUT2D eigenvalue weighted by atomic mass is 10.1. The molecule has 140 valence electrons. The van der Waals surface area contributed by atoms with E-state index in [1.54, 1.807) is 27.7 Å². The second-order valence-electron chi connectivity index (χ2n) is 6.59.